The van der Waals surface area contributed by atoms with Crippen molar-refractivity contribution in [1.29, 1.82) is 0 Å². The van der Waals surface area contributed by atoms with Crippen molar-refractivity contribution in [2.75, 3.05) is 6.54 Å². The highest BCUT2D eigenvalue weighted by molar-refractivity contribution is 5.70. The number of carbonyl (C=O) groups excluding carboxylic acids is 1. The van der Waals surface area contributed by atoms with E-state index in [9.17, 15) is 9.59 Å². The van der Waals surface area contributed by atoms with Crippen molar-refractivity contribution in [1.82, 2.24) is 5.32 Å². The van der Waals surface area contributed by atoms with E-state index < -0.39 is 5.97 Å². The molecule has 0 radical (unpaired) electrons. The van der Waals surface area contributed by atoms with Crippen LogP contribution in [-0.2, 0) is 9.59 Å². The summed E-state index contributed by atoms with van der Waals surface area (Å²) < 4.78 is 0. The van der Waals surface area contributed by atoms with E-state index >= 15 is 0 Å². The largest absolute Gasteiger partial charge is 0.480 e. The quantitative estimate of drug-likeness (QED) is 0.474. The van der Waals surface area contributed by atoms with Crippen molar-refractivity contribution in [3.63, 3.8) is 0 Å². The summed E-state index contributed by atoms with van der Waals surface area (Å²) in [5.74, 6) is 0.685. The zero-order chi connectivity index (χ0) is 10.8. The summed E-state index contributed by atoms with van der Waals surface area (Å²) in [5, 5.41) is 10.8. The minimum atomic E-state index is -0.990. The number of hydrogen-bond donors (Lipinski definition) is 2. The Kier molecular flexibility index (Phi) is 7.19. The molecule has 4 nitrogen and oxygen atoms in total. The molecule has 0 atom stereocenters. The van der Waals surface area contributed by atoms with Gasteiger partial charge in [-0.2, -0.15) is 0 Å². The maximum Gasteiger partial charge on any atom is 0.322 e. The molecule has 0 spiro atoms. The minimum Gasteiger partial charge on any atom is -0.480 e. The van der Waals surface area contributed by atoms with Gasteiger partial charge in [0, 0.05) is 6.42 Å². The van der Waals surface area contributed by atoms with Gasteiger partial charge in [0.25, 0.3) is 0 Å². The smallest absolute Gasteiger partial charge is 0.322 e. The molecule has 0 aromatic carbocycles. The molecule has 0 aromatic rings. The van der Waals surface area contributed by atoms with E-state index in [2.05, 4.69) is 12.2 Å². The van der Waals surface area contributed by atoms with Crippen LogP contribution in [0.4, 0.5) is 0 Å². The van der Waals surface area contributed by atoms with Crippen LogP contribution >= 0.6 is 0 Å². The molecule has 0 aliphatic carbocycles. The van der Waals surface area contributed by atoms with Gasteiger partial charge in [0.05, 0.1) is 0 Å². The third-order valence-electron chi connectivity index (χ3n) is 1.52. The summed E-state index contributed by atoms with van der Waals surface area (Å²) in [6.45, 7) is 1.82. The van der Waals surface area contributed by atoms with E-state index in [0.29, 0.717) is 6.42 Å². The maximum absolute atomic E-state index is 10.3. The number of aliphatic carboxylic acids is 1. The molecule has 0 aliphatic rings. The second-order valence-corrected chi connectivity index (χ2v) is 2.79. The Morgan fingerprint density at radius 3 is 2.71 bits per heavy atom. The van der Waals surface area contributed by atoms with Gasteiger partial charge in [-0.05, 0) is 6.42 Å². The highest BCUT2D eigenvalue weighted by Crippen LogP contribution is 1.96. The summed E-state index contributed by atoms with van der Waals surface area (Å²) in [4.78, 5) is 20.5. The van der Waals surface area contributed by atoms with E-state index in [-0.39, 0.29) is 12.2 Å². The van der Waals surface area contributed by atoms with Crippen molar-refractivity contribution < 1.29 is 14.7 Å². The van der Waals surface area contributed by atoms with E-state index in [1.54, 1.807) is 5.94 Å². The Morgan fingerprint density at radius 2 is 2.21 bits per heavy atom. The van der Waals surface area contributed by atoms with Gasteiger partial charge in [0.15, 0.2) is 0 Å². The molecule has 0 fully saturated rings. The Labute approximate surface area is 83.3 Å². The predicted molar refractivity (Wildman–Crippen MR) is 53.5 cm³/mol. The fraction of sp³-hybridized carbons (Fsp3) is 0.500. The first-order valence-corrected chi connectivity index (χ1v) is 4.55. The van der Waals surface area contributed by atoms with E-state index in [0.717, 1.165) is 12.8 Å². The molecule has 0 bridgehead atoms. The third kappa shape index (κ3) is 7.13. The van der Waals surface area contributed by atoms with Gasteiger partial charge < -0.3 is 10.4 Å². The van der Waals surface area contributed by atoms with Crippen LogP contribution in [-0.4, -0.2) is 23.6 Å². The molecular formula is C10H15NO3. The van der Waals surface area contributed by atoms with Crippen molar-refractivity contribution in [2.24, 2.45) is 0 Å². The molecule has 14 heavy (non-hydrogen) atoms. The molecule has 0 amide bonds. The fourth-order valence-corrected chi connectivity index (χ4v) is 0.818. The Balaban J connectivity index is 3.81. The van der Waals surface area contributed by atoms with Gasteiger partial charge in [0.2, 0.25) is 0 Å². The predicted octanol–water partition coefficient (Wildman–Crippen LogP) is 1.12. The zero-order valence-corrected chi connectivity index (χ0v) is 8.25. The molecule has 0 saturated carbocycles. The zero-order valence-electron chi connectivity index (χ0n) is 8.25. The average Bonchev–Trinajstić information content (AvgIpc) is 2.16. The van der Waals surface area contributed by atoms with Crippen LogP contribution in [0.25, 0.3) is 0 Å². The molecule has 0 aromatic heterocycles. The SMILES string of the molecule is CCC/C=C/CC(=C=O)NCC(=O)O. The first-order valence-electron chi connectivity index (χ1n) is 4.55. The van der Waals surface area contributed by atoms with Crippen molar-refractivity contribution in [3.05, 3.63) is 17.8 Å². The standard InChI is InChI=1S/C10H15NO3/c1-2-3-4-5-6-9(8-12)11-7-10(13)14/h4-5,11H,2-3,6-7H2,1H3,(H,13,14)/b5-4+. The van der Waals surface area contributed by atoms with Gasteiger partial charge in [0.1, 0.15) is 18.2 Å². The third-order valence-corrected chi connectivity index (χ3v) is 1.52. The van der Waals surface area contributed by atoms with Crippen LogP contribution in [0, 0.1) is 0 Å². The number of nitrogens with one attached hydrogen (secondary N) is 1. The van der Waals surface area contributed by atoms with Crippen molar-refractivity contribution >= 4 is 11.9 Å². The molecule has 0 heterocycles. The van der Waals surface area contributed by atoms with Gasteiger partial charge in [-0.25, -0.2) is 4.79 Å². The Morgan fingerprint density at radius 1 is 1.50 bits per heavy atom. The van der Waals surface area contributed by atoms with Crippen molar-refractivity contribution in [3.8, 4) is 0 Å². The van der Waals surface area contributed by atoms with Crippen LogP contribution in [0.15, 0.2) is 17.8 Å². The van der Waals surface area contributed by atoms with Gasteiger partial charge in [-0.3, -0.25) is 4.79 Å². The van der Waals surface area contributed by atoms with Crippen LogP contribution in [0.3, 0.4) is 0 Å². The molecule has 0 rings (SSSR count). The lowest BCUT2D eigenvalue weighted by molar-refractivity contribution is -0.135. The highest BCUT2D eigenvalue weighted by Gasteiger charge is 1.98. The number of carboxylic acid groups (broad SMARTS) is 1. The van der Waals surface area contributed by atoms with E-state index in [1.807, 2.05) is 12.2 Å². The number of rotatable bonds is 7. The first-order chi connectivity index (χ1) is 6.70. The van der Waals surface area contributed by atoms with E-state index in [1.165, 1.54) is 0 Å². The molecule has 2 N–H and O–H groups in total. The normalized spacial score (nSPS) is 9.79. The summed E-state index contributed by atoms with van der Waals surface area (Å²) in [6.07, 6.45) is 6.22. The molecule has 0 unspecified atom stereocenters. The lowest BCUT2D eigenvalue weighted by atomic mass is 10.2. The van der Waals surface area contributed by atoms with Crippen LogP contribution in [0.2, 0.25) is 0 Å². The number of allylic oxidation sites excluding steroid dienone is 2. The fourth-order valence-electron chi connectivity index (χ4n) is 0.818. The lowest BCUT2D eigenvalue weighted by Crippen LogP contribution is -2.22. The highest BCUT2D eigenvalue weighted by atomic mass is 16.4. The Bertz CT molecular complexity index is 252. The summed E-state index contributed by atoms with van der Waals surface area (Å²) >= 11 is 0. The molecule has 0 saturated heterocycles. The summed E-state index contributed by atoms with van der Waals surface area (Å²) in [5.41, 5.74) is 0.278. The average molecular weight is 197 g/mol. The van der Waals surface area contributed by atoms with Gasteiger partial charge in [-0.1, -0.05) is 25.5 Å². The van der Waals surface area contributed by atoms with Gasteiger partial charge in [-0.15, -0.1) is 0 Å². The number of hydrogen-bond acceptors (Lipinski definition) is 3. The number of carbonyl (C=O) groups is 1. The molecule has 0 aliphatic heterocycles. The second-order valence-electron chi connectivity index (χ2n) is 2.79. The molecular weight excluding hydrogens is 182 g/mol. The van der Waals surface area contributed by atoms with Crippen LogP contribution < -0.4 is 5.32 Å². The first kappa shape index (κ1) is 12.5. The number of unbranched alkanes of at least 4 members (excludes halogenated alkanes) is 1. The molecule has 78 valence electrons. The summed E-state index contributed by atoms with van der Waals surface area (Å²) in [7, 11) is 0. The lowest BCUT2D eigenvalue weighted by Gasteiger charge is -2.00. The maximum atomic E-state index is 10.3. The topological polar surface area (TPSA) is 66.4 Å². The Hall–Kier alpha value is -1.54. The van der Waals surface area contributed by atoms with E-state index in [4.69, 9.17) is 5.11 Å². The van der Waals surface area contributed by atoms with Crippen molar-refractivity contribution in [2.45, 2.75) is 26.2 Å². The summed E-state index contributed by atoms with van der Waals surface area (Å²) in [6, 6.07) is 0. The van der Waals surface area contributed by atoms with Crippen LogP contribution in [0.5, 0.6) is 0 Å². The second kappa shape index (κ2) is 8.08. The van der Waals surface area contributed by atoms with Gasteiger partial charge >= 0.3 is 5.97 Å². The monoisotopic (exact) mass is 197 g/mol. The van der Waals surface area contributed by atoms with Crippen LogP contribution in [0.1, 0.15) is 26.2 Å². The minimum absolute atomic E-state index is 0.244. The molecule has 4 heteroatoms. The number of carboxylic acids is 1.